The molecule has 0 atom stereocenters. The Morgan fingerprint density at radius 3 is 2.14 bits per heavy atom. The Hall–Kier alpha value is 0.01000. The lowest BCUT2D eigenvalue weighted by atomic mass is 10.3. The van der Waals surface area contributed by atoms with Gasteiger partial charge in [0.25, 0.3) is 0 Å². The normalized spacial score (nSPS) is 10.8. The molecule has 0 unspecified atom stereocenters. The fourth-order valence-electron chi connectivity index (χ4n) is 1.33. The number of esters is 1. The topological polar surface area (TPSA) is 54.0 Å². The highest BCUT2D eigenvalue weighted by atomic mass is 79.9. The monoisotopic (exact) mass is 444 g/mol. The van der Waals surface area contributed by atoms with Crippen molar-refractivity contribution in [2.45, 2.75) is 6.92 Å². The molecule has 1 rings (SSSR count). The fraction of sp³-hybridized carbons (Fsp3) is 0.615. The lowest BCUT2D eigenvalue weighted by Gasteiger charge is -2.06. The molecule has 8 heteroatoms. The highest BCUT2D eigenvalue weighted by Gasteiger charge is 2.14. The second kappa shape index (κ2) is 11.6. The van der Waals surface area contributed by atoms with Gasteiger partial charge in [0.15, 0.2) is 0 Å². The van der Waals surface area contributed by atoms with Gasteiger partial charge in [-0.15, -0.1) is 11.3 Å². The summed E-state index contributed by atoms with van der Waals surface area (Å²) in [6.45, 7) is 5.34. The van der Waals surface area contributed by atoms with Crippen LogP contribution in [-0.4, -0.2) is 52.2 Å². The number of ether oxygens (including phenoxy) is 4. The number of rotatable bonds is 11. The van der Waals surface area contributed by atoms with Crippen LogP contribution in [0.2, 0.25) is 0 Å². The first-order valence-corrected chi connectivity index (χ1v) is 8.90. The number of hydrogen-bond acceptors (Lipinski definition) is 6. The van der Waals surface area contributed by atoms with E-state index in [4.69, 9.17) is 18.9 Å². The second-order valence-corrected chi connectivity index (χ2v) is 7.54. The highest BCUT2D eigenvalue weighted by Crippen LogP contribution is 2.32. The van der Waals surface area contributed by atoms with E-state index < -0.39 is 0 Å². The van der Waals surface area contributed by atoms with Gasteiger partial charge in [0.05, 0.1) is 46.2 Å². The molecule has 0 aliphatic heterocycles. The molecule has 0 aromatic carbocycles. The number of carbonyl (C=O) groups is 1. The quantitative estimate of drug-likeness (QED) is 0.385. The van der Waals surface area contributed by atoms with E-state index in [0.29, 0.717) is 45.2 Å². The summed E-state index contributed by atoms with van der Waals surface area (Å²) in [4.78, 5) is 11.8. The highest BCUT2D eigenvalue weighted by molar-refractivity contribution is 9.12. The Morgan fingerprint density at radius 1 is 1.05 bits per heavy atom. The van der Waals surface area contributed by atoms with Crippen molar-refractivity contribution >= 4 is 49.2 Å². The van der Waals surface area contributed by atoms with Gasteiger partial charge in [-0.1, -0.05) is 0 Å². The first-order chi connectivity index (χ1) is 10.1. The predicted octanol–water partition coefficient (Wildman–Crippen LogP) is 3.50. The molecule has 1 aromatic heterocycles. The van der Waals surface area contributed by atoms with Gasteiger partial charge in [0.1, 0.15) is 6.61 Å². The summed E-state index contributed by atoms with van der Waals surface area (Å²) >= 11 is 8.06. The fourth-order valence-corrected chi connectivity index (χ4v) is 4.10. The summed E-state index contributed by atoms with van der Waals surface area (Å²) < 4.78 is 22.5. The Balaban J connectivity index is 1.99. The summed E-state index contributed by atoms with van der Waals surface area (Å²) in [5.74, 6) is -0.361. The van der Waals surface area contributed by atoms with Crippen molar-refractivity contribution in [1.29, 1.82) is 0 Å². The molecule has 0 amide bonds. The van der Waals surface area contributed by atoms with Gasteiger partial charge >= 0.3 is 5.97 Å². The maximum absolute atomic E-state index is 11.8. The molecule has 0 aliphatic carbocycles. The van der Waals surface area contributed by atoms with E-state index in [0.717, 1.165) is 7.57 Å². The maximum Gasteiger partial charge on any atom is 0.340 e. The SMILES string of the molecule is CCOCCOCCOCCOC(=O)c1cc(Br)sc1Br. The maximum atomic E-state index is 11.8. The minimum atomic E-state index is -0.361. The van der Waals surface area contributed by atoms with Crippen molar-refractivity contribution < 1.29 is 23.7 Å². The van der Waals surface area contributed by atoms with Gasteiger partial charge in [0.2, 0.25) is 0 Å². The van der Waals surface area contributed by atoms with E-state index >= 15 is 0 Å². The van der Waals surface area contributed by atoms with Crippen LogP contribution in [0.15, 0.2) is 13.6 Å². The smallest absolute Gasteiger partial charge is 0.340 e. The summed E-state index contributed by atoms with van der Waals surface area (Å²) in [6, 6.07) is 1.73. The van der Waals surface area contributed by atoms with Gasteiger partial charge in [0, 0.05) is 6.61 Å². The van der Waals surface area contributed by atoms with Crippen molar-refractivity contribution in [2.24, 2.45) is 0 Å². The van der Waals surface area contributed by atoms with E-state index in [1.54, 1.807) is 6.07 Å². The summed E-state index contributed by atoms with van der Waals surface area (Å²) in [5.41, 5.74) is 0.520. The summed E-state index contributed by atoms with van der Waals surface area (Å²) in [5, 5.41) is 0. The minimum Gasteiger partial charge on any atom is -0.460 e. The van der Waals surface area contributed by atoms with E-state index in [-0.39, 0.29) is 12.6 Å². The third-order valence-electron chi connectivity index (χ3n) is 2.29. The van der Waals surface area contributed by atoms with E-state index in [1.807, 2.05) is 6.92 Å². The molecular weight excluding hydrogens is 428 g/mol. The van der Waals surface area contributed by atoms with E-state index in [2.05, 4.69) is 31.9 Å². The zero-order valence-electron chi connectivity index (χ0n) is 11.7. The molecule has 0 radical (unpaired) electrons. The lowest BCUT2D eigenvalue weighted by molar-refractivity contribution is 0.00179. The van der Waals surface area contributed by atoms with Crippen molar-refractivity contribution in [3.8, 4) is 0 Å². The molecule has 1 heterocycles. The van der Waals surface area contributed by atoms with Crippen molar-refractivity contribution in [3.05, 3.63) is 19.2 Å². The number of halogens is 2. The standard InChI is InChI=1S/C13H18Br2O5S/c1-2-17-3-4-18-5-6-19-7-8-20-13(16)10-9-11(14)21-12(10)15/h9H,2-8H2,1H3. The molecule has 0 aliphatic rings. The molecule has 0 saturated carbocycles. The largest absolute Gasteiger partial charge is 0.460 e. The lowest BCUT2D eigenvalue weighted by Crippen LogP contribution is -2.14. The van der Waals surface area contributed by atoms with Gasteiger partial charge in [-0.05, 0) is 44.8 Å². The molecule has 0 saturated heterocycles. The zero-order valence-corrected chi connectivity index (χ0v) is 15.7. The third kappa shape index (κ3) is 8.27. The molecule has 120 valence electrons. The Labute approximate surface area is 145 Å². The number of thiophene rings is 1. The first kappa shape index (κ1) is 19.1. The third-order valence-corrected chi connectivity index (χ3v) is 4.62. The number of hydrogen-bond donors (Lipinski definition) is 0. The van der Waals surface area contributed by atoms with Crippen LogP contribution in [0.5, 0.6) is 0 Å². The second-order valence-electron chi connectivity index (χ2n) is 3.80. The van der Waals surface area contributed by atoms with Gasteiger partial charge in [-0.2, -0.15) is 0 Å². The van der Waals surface area contributed by atoms with Gasteiger partial charge in [-0.3, -0.25) is 0 Å². The van der Waals surface area contributed by atoms with Crippen LogP contribution < -0.4 is 0 Å². The van der Waals surface area contributed by atoms with Crippen LogP contribution in [-0.2, 0) is 18.9 Å². The molecule has 5 nitrogen and oxygen atoms in total. The van der Waals surface area contributed by atoms with Crippen molar-refractivity contribution in [1.82, 2.24) is 0 Å². The summed E-state index contributed by atoms with van der Waals surface area (Å²) in [6.07, 6.45) is 0. The van der Waals surface area contributed by atoms with Crippen LogP contribution in [0.25, 0.3) is 0 Å². The zero-order chi connectivity index (χ0) is 15.5. The molecular formula is C13H18Br2O5S. The molecule has 21 heavy (non-hydrogen) atoms. The van der Waals surface area contributed by atoms with E-state index in [9.17, 15) is 4.79 Å². The van der Waals surface area contributed by atoms with E-state index in [1.165, 1.54) is 11.3 Å². The average Bonchev–Trinajstić information content (AvgIpc) is 2.79. The van der Waals surface area contributed by atoms with Crippen LogP contribution in [0.1, 0.15) is 17.3 Å². The molecule has 1 aromatic rings. The molecule has 0 N–H and O–H groups in total. The average molecular weight is 446 g/mol. The number of carbonyl (C=O) groups excluding carboxylic acids is 1. The van der Waals surface area contributed by atoms with Crippen LogP contribution in [0.3, 0.4) is 0 Å². The summed E-state index contributed by atoms with van der Waals surface area (Å²) in [7, 11) is 0. The minimum absolute atomic E-state index is 0.220. The van der Waals surface area contributed by atoms with Crippen molar-refractivity contribution in [2.75, 3.05) is 46.2 Å². The van der Waals surface area contributed by atoms with Crippen LogP contribution >= 0.6 is 43.2 Å². The van der Waals surface area contributed by atoms with Crippen LogP contribution in [0, 0.1) is 0 Å². The molecule has 0 spiro atoms. The first-order valence-electron chi connectivity index (χ1n) is 6.50. The van der Waals surface area contributed by atoms with Gasteiger partial charge < -0.3 is 18.9 Å². The Kier molecular flexibility index (Phi) is 10.5. The van der Waals surface area contributed by atoms with Crippen molar-refractivity contribution in [3.63, 3.8) is 0 Å². The Morgan fingerprint density at radius 2 is 1.62 bits per heavy atom. The Bertz CT molecular complexity index is 425. The molecule has 0 bridgehead atoms. The molecule has 0 fully saturated rings. The predicted molar refractivity (Wildman–Crippen MR) is 88.1 cm³/mol. The van der Waals surface area contributed by atoms with Gasteiger partial charge in [-0.25, -0.2) is 4.79 Å². The van der Waals surface area contributed by atoms with Crippen LogP contribution in [0.4, 0.5) is 0 Å².